The second kappa shape index (κ2) is 12.3. The average molecular weight is 495 g/mol. The van der Waals surface area contributed by atoms with Gasteiger partial charge >= 0.3 is 0 Å². The maximum absolute atomic E-state index is 7.10. The van der Waals surface area contributed by atoms with Crippen LogP contribution in [0.25, 0.3) is 49.7 Å². The zero-order valence-electron chi connectivity index (χ0n) is 21.7. The summed E-state index contributed by atoms with van der Waals surface area (Å²) < 4.78 is 5.93. The third kappa shape index (κ3) is 5.51. The molecule has 3 heteroatoms. The van der Waals surface area contributed by atoms with Crippen LogP contribution in [0, 0.1) is 11.5 Å². The predicted octanol–water partition coefficient (Wildman–Crippen LogP) is 8.86. The molecule has 2 N–H and O–H groups in total. The molecule has 0 aliphatic heterocycles. The van der Waals surface area contributed by atoms with Crippen molar-refractivity contribution in [2.24, 2.45) is 5.73 Å². The van der Waals surface area contributed by atoms with Gasteiger partial charge in [-0.2, -0.15) is 5.26 Å². The highest BCUT2D eigenvalue weighted by Crippen LogP contribution is 2.42. The molecule has 0 aliphatic rings. The molecule has 0 aromatic heterocycles. The highest BCUT2D eigenvalue weighted by atomic mass is 16.5. The van der Waals surface area contributed by atoms with Gasteiger partial charge in [0, 0.05) is 5.56 Å². The molecule has 0 saturated heterocycles. The SMILES string of the molecule is C=C(/C=C\C)c1cccc(-c2ccc(-c3c(OC)cc(-c4ccccc4)c4ccccc34)cc2)c1.N#CN. The van der Waals surface area contributed by atoms with Crippen LogP contribution >= 0.6 is 0 Å². The summed E-state index contributed by atoms with van der Waals surface area (Å²) in [6.07, 6.45) is 5.31. The first kappa shape index (κ1) is 26.0. The molecular formula is C35H30N2O. The number of hydrogen-bond donors (Lipinski definition) is 1. The van der Waals surface area contributed by atoms with Crippen LogP contribution in [0.3, 0.4) is 0 Å². The Morgan fingerprint density at radius 1 is 0.763 bits per heavy atom. The summed E-state index contributed by atoms with van der Waals surface area (Å²) in [6, 6.07) is 38.5. The Labute approximate surface area is 224 Å². The van der Waals surface area contributed by atoms with Crippen molar-refractivity contribution >= 4 is 16.3 Å². The molecule has 0 saturated carbocycles. The van der Waals surface area contributed by atoms with Gasteiger partial charge in [0.1, 0.15) is 5.75 Å². The smallest absolute Gasteiger partial charge is 0.173 e. The van der Waals surface area contributed by atoms with Crippen LogP contribution in [0.1, 0.15) is 12.5 Å². The highest BCUT2D eigenvalue weighted by Gasteiger charge is 2.15. The molecule has 3 nitrogen and oxygen atoms in total. The number of nitrogens with two attached hydrogens (primary N) is 1. The minimum absolute atomic E-state index is 0.875. The lowest BCUT2D eigenvalue weighted by Gasteiger charge is -2.17. The second-order valence-electron chi connectivity index (χ2n) is 8.73. The summed E-state index contributed by atoms with van der Waals surface area (Å²) in [5, 5.41) is 9.50. The van der Waals surface area contributed by atoms with Gasteiger partial charge in [0.25, 0.3) is 0 Å². The number of hydrogen-bond acceptors (Lipinski definition) is 3. The number of allylic oxidation sites excluding steroid dienone is 3. The van der Waals surface area contributed by atoms with Crippen LogP contribution < -0.4 is 10.5 Å². The maximum atomic E-state index is 7.10. The lowest BCUT2D eigenvalue weighted by Crippen LogP contribution is -1.93. The van der Waals surface area contributed by atoms with Crippen molar-refractivity contribution in [2.75, 3.05) is 7.11 Å². The van der Waals surface area contributed by atoms with E-state index < -0.39 is 0 Å². The fraction of sp³-hybridized carbons (Fsp3) is 0.0571. The minimum Gasteiger partial charge on any atom is -0.496 e. The number of nitriles is 1. The molecule has 0 fully saturated rings. The molecule has 0 aliphatic carbocycles. The van der Waals surface area contributed by atoms with Crippen molar-refractivity contribution in [3.63, 3.8) is 0 Å². The van der Waals surface area contributed by atoms with E-state index in [1.165, 1.54) is 39.2 Å². The highest BCUT2D eigenvalue weighted by molar-refractivity contribution is 6.07. The lowest BCUT2D eigenvalue weighted by molar-refractivity contribution is 0.417. The third-order valence-electron chi connectivity index (χ3n) is 6.42. The first-order chi connectivity index (χ1) is 18.6. The monoisotopic (exact) mass is 494 g/mol. The van der Waals surface area contributed by atoms with Gasteiger partial charge < -0.3 is 10.5 Å². The Kier molecular flexibility index (Phi) is 8.39. The Bertz CT molecular complexity index is 1630. The van der Waals surface area contributed by atoms with E-state index in [1.54, 1.807) is 7.11 Å². The minimum atomic E-state index is 0.875. The number of fused-ring (bicyclic) bond motifs is 1. The van der Waals surface area contributed by atoms with Crippen LogP contribution in [-0.2, 0) is 0 Å². The molecule has 5 aromatic rings. The fourth-order valence-electron chi connectivity index (χ4n) is 4.69. The van der Waals surface area contributed by atoms with E-state index >= 15 is 0 Å². The molecule has 38 heavy (non-hydrogen) atoms. The van der Waals surface area contributed by atoms with Crippen molar-refractivity contribution < 1.29 is 4.74 Å². The molecule has 0 radical (unpaired) electrons. The van der Waals surface area contributed by atoms with Crippen LogP contribution in [0.15, 0.2) is 128 Å². The summed E-state index contributed by atoms with van der Waals surface area (Å²) in [5.74, 6) is 0.875. The van der Waals surface area contributed by atoms with E-state index in [0.717, 1.165) is 28.0 Å². The van der Waals surface area contributed by atoms with Gasteiger partial charge in [-0.15, -0.1) is 0 Å². The Morgan fingerprint density at radius 3 is 2.03 bits per heavy atom. The van der Waals surface area contributed by atoms with E-state index in [1.807, 2.05) is 25.1 Å². The molecule has 5 aromatic carbocycles. The number of benzene rings is 5. The van der Waals surface area contributed by atoms with Crippen LogP contribution in [0.4, 0.5) is 0 Å². The Balaban J connectivity index is 0.00000107. The van der Waals surface area contributed by atoms with E-state index in [9.17, 15) is 0 Å². The van der Waals surface area contributed by atoms with Crippen molar-refractivity contribution in [3.05, 3.63) is 133 Å². The van der Waals surface area contributed by atoms with Crippen molar-refractivity contribution in [3.8, 4) is 45.3 Å². The summed E-state index contributed by atoms with van der Waals surface area (Å²) in [4.78, 5) is 0. The third-order valence-corrected chi connectivity index (χ3v) is 6.42. The molecule has 0 heterocycles. The maximum Gasteiger partial charge on any atom is 0.173 e. The number of methoxy groups -OCH3 is 1. The van der Waals surface area contributed by atoms with Gasteiger partial charge in [0.2, 0.25) is 0 Å². The number of nitrogens with zero attached hydrogens (tertiary/aromatic N) is 1. The van der Waals surface area contributed by atoms with Gasteiger partial charge in [0.15, 0.2) is 6.19 Å². The molecular weight excluding hydrogens is 464 g/mol. The second-order valence-corrected chi connectivity index (χ2v) is 8.73. The van der Waals surface area contributed by atoms with E-state index in [-0.39, 0.29) is 0 Å². The first-order valence-electron chi connectivity index (χ1n) is 12.4. The van der Waals surface area contributed by atoms with Gasteiger partial charge in [-0.3, -0.25) is 0 Å². The number of ether oxygens (including phenoxy) is 1. The van der Waals surface area contributed by atoms with Crippen molar-refractivity contribution in [1.82, 2.24) is 0 Å². The Hall–Kier alpha value is -5.07. The predicted molar refractivity (Wildman–Crippen MR) is 160 cm³/mol. The molecule has 0 atom stereocenters. The van der Waals surface area contributed by atoms with E-state index in [4.69, 9.17) is 10.00 Å². The molecule has 0 amide bonds. The van der Waals surface area contributed by atoms with Gasteiger partial charge in [-0.25, -0.2) is 0 Å². The zero-order chi connectivity index (χ0) is 26.9. The summed E-state index contributed by atoms with van der Waals surface area (Å²) >= 11 is 0. The van der Waals surface area contributed by atoms with E-state index in [0.29, 0.717) is 0 Å². The summed E-state index contributed by atoms with van der Waals surface area (Å²) in [7, 11) is 1.75. The van der Waals surface area contributed by atoms with Gasteiger partial charge in [0.05, 0.1) is 7.11 Å². The van der Waals surface area contributed by atoms with Crippen LogP contribution in [0.5, 0.6) is 5.75 Å². The molecule has 0 unspecified atom stereocenters. The average Bonchev–Trinajstić information content (AvgIpc) is 2.97. The lowest BCUT2D eigenvalue weighted by atomic mass is 9.90. The van der Waals surface area contributed by atoms with Crippen LogP contribution in [-0.4, -0.2) is 7.11 Å². The Morgan fingerprint density at radius 2 is 1.37 bits per heavy atom. The van der Waals surface area contributed by atoms with Crippen LogP contribution in [0.2, 0.25) is 0 Å². The normalized spacial score (nSPS) is 10.4. The quantitative estimate of drug-likeness (QED) is 0.146. The molecule has 5 rings (SSSR count). The standard InChI is InChI=1S/C34H28O.CH2N2/c1-4-11-24(2)28-14-10-15-29(22-28)25-18-20-27(21-19-25)34-31-17-9-8-16-30(31)32(23-33(34)35-3)26-12-6-5-7-13-26;2-1-3/h4-23H,2H2,1,3H3;2H2/b11-4-;. The van der Waals surface area contributed by atoms with Crippen molar-refractivity contribution in [2.45, 2.75) is 6.92 Å². The summed E-state index contributed by atoms with van der Waals surface area (Å²) in [6.45, 7) is 6.19. The molecule has 0 spiro atoms. The zero-order valence-corrected chi connectivity index (χ0v) is 21.7. The molecule has 186 valence electrons. The van der Waals surface area contributed by atoms with Gasteiger partial charge in [-0.05, 0) is 68.8 Å². The fourth-order valence-corrected chi connectivity index (χ4v) is 4.69. The van der Waals surface area contributed by atoms with Gasteiger partial charge in [-0.1, -0.05) is 116 Å². The first-order valence-corrected chi connectivity index (χ1v) is 12.4. The summed E-state index contributed by atoms with van der Waals surface area (Å²) in [5.41, 5.74) is 13.3. The number of rotatable bonds is 6. The van der Waals surface area contributed by atoms with E-state index in [2.05, 4.69) is 115 Å². The largest absolute Gasteiger partial charge is 0.496 e. The molecule has 0 bridgehead atoms. The van der Waals surface area contributed by atoms with Crippen molar-refractivity contribution in [1.29, 1.82) is 5.26 Å². The topological polar surface area (TPSA) is 59.0 Å².